The molecule has 10 heavy (non-hydrogen) atoms. The molecule has 0 rings (SSSR count). The number of unbranched alkanes of at least 4 members (excludes halogenated alkanes) is 1. The highest BCUT2D eigenvalue weighted by molar-refractivity contribution is 7.99. The van der Waals surface area contributed by atoms with Crippen molar-refractivity contribution < 1.29 is 0 Å². The average molecular weight is 155 g/mol. The van der Waals surface area contributed by atoms with Crippen molar-refractivity contribution in [1.82, 2.24) is 0 Å². The Morgan fingerprint density at radius 3 is 2.90 bits per heavy atom. The van der Waals surface area contributed by atoms with Gasteiger partial charge in [-0.05, 0) is 25.5 Å². The van der Waals surface area contributed by atoms with E-state index >= 15 is 0 Å². The van der Waals surface area contributed by atoms with E-state index in [0.29, 0.717) is 5.25 Å². The normalized spacial score (nSPS) is 12.5. The molecule has 57 valence electrons. The van der Waals surface area contributed by atoms with Crippen LogP contribution < -0.4 is 0 Å². The maximum absolute atomic E-state index is 5.11. The summed E-state index contributed by atoms with van der Waals surface area (Å²) in [6.07, 6.45) is 8.29. The summed E-state index contributed by atoms with van der Waals surface area (Å²) in [5.41, 5.74) is 0. The third-order valence-corrected chi connectivity index (χ3v) is 2.29. The fourth-order valence-electron chi connectivity index (χ4n) is 0.751. The molecule has 0 saturated heterocycles. The van der Waals surface area contributed by atoms with E-state index in [1.807, 2.05) is 11.8 Å². The van der Waals surface area contributed by atoms with Crippen LogP contribution in [-0.2, 0) is 0 Å². The van der Waals surface area contributed by atoms with Crippen molar-refractivity contribution in [3.05, 3.63) is 6.92 Å². The standard InChI is InChI=1S/C9H15S/c1-4-6-7-8-9(3)10-5-2/h1,9H,3,5-8H2,2H3. The summed E-state index contributed by atoms with van der Waals surface area (Å²) in [5, 5.41) is 0.540. The van der Waals surface area contributed by atoms with Crippen molar-refractivity contribution in [3.8, 4) is 12.3 Å². The van der Waals surface area contributed by atoms with Gasteiger partial charge in [-0.2, -0.15) is 11.8 Å². The second kappa shape index (κ2) is 7.02. The Morgan fingerprint density at radius 2 is 2.40 bits per heavy atom. The first-order chi connectivity index (χ1) is 4.81. The molecular weight excluding hydrogens is 140 g/mol. The lowest BCUT2D eigenvalue weighted by Crippen LogP contribution is -1.95. The first-order valence-corrected chi connectivity index (χ1v) is 4.74. The van der Waals surface area contributed by atoms with Crippen LogP contribution >= 0.6 is 11.8 Å². The molecule has 0 aliphatic rings. The first-order valence-electron chi connectivity index (χ1n) is 3.69. The van der Waals surface area contributed by atoms with E-state index in [2.05, 4.69) is 19.8 Å². The van der Waals surface area contributed by atoms with E-state index in [4.69, 9.17) is 6.42 Å². The smallest absolute Gasteiger partial charge is 0.00864 e. The molecule has 1 atom stereocenters. The zero-order chi connectivity index (χ0) is 7.82. The third kappa shape index (κ3) is 6.04. The highest BCUT2D eigenvalue weighted by atomic mass is 32.2. The Kier molecular flexibility index (Phi) is 6.96. The number of rotatable bonds is 5. The second-order valence-corrected chi connectivity index (χ2v) is 3.75. The van der Waals surface area contributed by atoms with Crippen LogP contribution in [-0.4, -0.2) is 11.0 Å². The van der Waals surface area contributed by atoms with Crippen molar-refractivity contribution in [1.29, 1.82) is 0 Å². The molecule has 0 N–H and O–H groups in total. The van der Waals surface area contributed by atoms with Crippen molar-refractivity contribution in [2.75, 3.05) is 5.75 Å². The topological polar surface area (TPSA) is 0 Å². The van der Waals surface area contributed by atoms with E-state index in [9.17, 15) is 0 Å². The van der Waals surface area contributed by atoms with Crippen LogP contribution in [0.15, 0.2) is 0 Å². The quantitative estimate of drug-likeness (QED) is 0.434. The van der Waals surface area contributed by atoms with Gasteiger partial charge in [0.1, 0.15) is 0 Å². The molecule has 0 amide bonds. The summed E-state index contributed by atoms with van der Waals surface area (Å²) < 4.78 is 0. The van der Waals surface area contributed by atoms with Crippen LogP contribution in [0.4, 0.5) is 0 Å². The minimum atomic E-state index is 0.540. The van der Waals surface area contributed by atoms with Crippen molar-refractivity contribution >= 4 is 11.8 Å². The van der Waals surface area contributed by atoms with Crippen LogP contribution in [0.5, 0.6) is 0 Å². The van der Waals surface area contributed by atoms with Gasteiger partial charge < -0.3 is 0 Å². The summed E-state index contributed by atoms with van der Waals surface area (Å²) in [6, 6.07) is 0. The molecule has 0 bridgehead atoms. The Bertz CT molecular complexity index is 102. The lowest BCUT2D eigenvalue weighted by molar-refractivity contribution is 0.782. The summed E-state index contributed by atoms with van der Waals surface area (Å²) >= 11 is 1.90. The number of terminal acetylenes is 1. The van der Waals surface area contributed by atoms with Gasteiger partial charge in [0.05, 0.1) is 0 Å². The molecule has 0 fully saturated rings. The fraction of sp³-hybridized carbons (Fsp3) is 0.667. The highest BCUT2D eigenvalue weighted by Gasteiger charge is 1.98. The van der Waals surface area contributed by atoms with Gasteiger partial charge >= 0.3 is 0 Å². The SMILES string of the molecule is C#CCCCC([CH2])SCC. The van der Waals surface area contributed by atoms with Crippen LogP contribution in [0, 0.1) is 19.3 Å². The molecule has 1 heteroatoms. The van der Waals surface area contributed by atoms with Gasteiger partial charge in [0.2, 0.25) is 0 Å². The summed E-state index contributed by atoms with van der Waals surface area (Å²) in [4.78, 5) is 0. The van der Waals surface area contributed by atoms with Crippen LogP contribution in [0.3, 0.4) is 0 Å². The van der Waals surface area contributed by atoms with Crippen LogP contribution in [0.2, 0.25) is 0 Å². The van der Waals surface area contributed by atoms with Gasteiger partial charge in [0.15, 0.2) is 0 Å². The van der Waals surface area contributed by atoms with Gasteiger partial charge in [-0.3, -0.25) is 0 Å². The van der Waals surface area contributed by atoms with E-state index in [0.717, 1.165) is 25.0 Å². The number of hydrogen-bond donors (Lipinski definition) is 0. The van der Waals surface area contributed by atoms with Gasteiger partial charge in [0.25, 0.3) is 0 Å². The lowest BCUT2D eigenvalue weighted by atomic mass is 10.2. The molecule has 0 aromatic heterocycles. The Balaban J connectivity index is 3.06. The van der Waals surface area contributed by atoms with Crippen molar-refractivity contribution in [3.63, 3.8) is 0 Å². The Hall–Kier alpha value is -0.0900. The molecule has 0 aliphatic heterocycles. The van der Waals surface area contributed by atoms with E-state index in [1.54, 1.807) is 0 Å². The molecule has 0 heterocycles. The zero-order valence-electron chi connectivity index (χ0n) is 6.60. The summed E-state index contributed by atoms with van der Waals surface area (Å²) in [7, 11) is 0. The molecule has 0 aromatic carbocycles. The predicted molar refractivity (Wildman–Crippen MR) is 50.0 cm³/mol. The van der Waals surface area contributed by atoms with Gasteiger partial charge in [-0.25, -0.2) is 0 Å². The molecule has 1 radical (unpaired) electrons. The number of hydrogen-bond acceptors (Lipinski definition) is 1. The van der Waals surface area contributed by atoms with E-state index in [-0.39, 0.29) is 0 Å². The lowest BCUT2D eigenvalue weighted by Gasteiger charge is -2.06. The maximum Gasteiger partial charge on any atom is 0.00864 e. The molecule has 0 saturated carbocycles. The zero-order valence-corrected chi connectivity index (χ0v) is 7.41. The fourth-order valence-corrected chi connectivity index (χ4v) is 1.56. The Labute approximate surface area is 68.8 Å². The molecule has 1 unspecified atom stereocenters. The van der Waals surface area contributed by atoms with Gasteiger partial charge in [-0.15, -0.1) is 12.3 Å². The van der Waals surface area contributed by atoms with Crippen LogP contribution in [0.25, 0.3) is 0 Å². The highest BCUT2D eigenvalue weighted by Crippen LogP contribution is 2.14. The summed E-state index contributed by atoms with van der Waals surface area (Å²) in [6.45, 7) is 6.15. The first kappa shape index (κ1) is 9.91. The predicted octanol–water partition coefficient (Wildman–Crippen LogP) is 2.75. The largest absolute Gasteiger partial charge is 0.159 e. The molecular formula is C9H15S. The molecule has 0 aromatic rings. The molecule has 0 spiro atoms. The second-order valence-electron chi connectivity index (χ2n) is 2.17. The van der Waals surface area contributed by atoms with E-state index < -0.39 is 0 Å². The third-order valence-electron chi connectivity index (χ3n) is 1.25. The number of thioether (sulfide) groups is 1. The minimum Gasteiger partial charge on any atom is -0.159 e. The summed E-state index contributed by atoms with van der Waals surface area (Å²) in [5.74, 6) is 3.79. The molecule has 0 nitrogen and oxygen atoms in total. The van der Waals surface area contributed by atoms with E-state index in [1.165, 1.54) is 0 Å². The maximum atomic E-state index is 5.11. The van der Waals surface area contributed by atoms with Crippen LogP contribution in [0.1, 0.15) is 26.2 Å². The monoisotopic (exact) mass is 155 g/mol. The Morgan fingerprint density at radius 1 is 1.70 bits per heavy atom. The minimum absolute atomic E-state index is 0.540. The average Bonchev–Trinajstić information content (AvgIpc) is 1.89. The van der Waals surface area contributed by atoms with Gasteiger partial charge in [0, 0.05) is 11.7 Å². The molecule has 0 aliphatic carbocycles. The van der Waals surface area contributed by atoms with Crippen molar-refractivity contribution in [2.24, 2.45) is 0 Å². The van der Waals surface area contributed by atoms with Crippen molar-refractivity contribution in [2.45, 2.75) is 31.4 Å². The van der Waals surface area contributed by atoms with Gasteiger partial charge in [-0.1, -0.05) is 6.92 Å².